The first kappa shape index (κ1) is 36.9. The van der Waals surface area contributed by atoms with Gasteiger partial charge in [0.15, 0.2) is 0 Å². The van der Waals surface area contributed by atoms with Crippen molar-refractivity contribution in [3.63, 3.8) is 0 Å². The van der Waals surface area contributed by atoms with Gasteiger partial charge < -0.3 is 4.57 Å². The van der Waals surface area contributed by atoms with Gasteiger partial charge in [0.25, 0.3) is 0 Å². The van der Waals surface area contributed by atoms with E-state index in [0.717, 1.165) is 111 Å². The summed E-state index contributed by atoms with van der Waals surface area (Å²) in [6.45, 7) is 0. The van der Waals surface area contributed by atoms with Gasteiger partial charge in [-0.25, -0.2) is 4.98 Å². The molecule has 0 amide bonds. The molecular formula is C58H36N6. The molecule has 0 unspecified atom stereocenters. The second-order valence-corrected chi connectivity index (χ2v) is 16.0. The maximum atomic E-state index is 9.76. The molecule has 0 fully saturated rings. The Kier molecular flexibility index (Phi) is 8.77. The van der Waals surface area contributed by atoms with E-state index in [9.17, 15) is 5.26 Å². The van der Waals surface area contributed by atoms with Crippen LogP contribution in [0.3, 0.4) is 0 Å². The molecule has 0 saturated heterocycles. The molecule has 0 aliphatic heterocycles. The minimum atomic E-state index is 0.610. The first-order chi connectivity index (χ1) is 31.7. The van der Waals surface area contributed by atoms with Crippen LogP contribution < -0.4 is 0 Å². The van der Waals surface area contributed by atoms with Gasteiger partial charge in [0, 0.05) is 61.8 Å². The smallest absolute Gasteiger partial charge is 0.138 e. The summed E-state index contributed by atoms with van der Waals surface area (Å²) in [6, 6.07) is 71.7. The first-order valence-corrected chi connectivity index (χ1v) is 21.3. The number of hydrogen-bond acceptors (Lipinski definition) is 4. The number of para-hydroxylation sites is 2. The molecule has 0 N–H and O–H groups in total. The molecule has 0 bridgehead atoms. The summed E-state index contributed by atoms with van der Waals surface area (Å²) in [4.78, 5) is 15.0. The fourth-order valence-corrected chi connectivity index (χ4v) is 9.19. The third-order valence-corrected chi connectivity index (χ3v) is 12.3. The molecule has 6 heteroatoms. The Balaban J connectivity index is 1.01. The molecule has 12 rings (SSSR count). The highest BCUT2D eigenvalue weighted by Crippen LogP contribution is 2.40. The third-order valence-electron chi connectivity index (χ3n) is 12.3. The average molecular weight is 817 g/mol. The summed E-state index contributed by atoms with van der Waals surface area (Å²) in [5.41, 5.74) is 16.2. The van der Waals surface area contributed by atoms with Crippen molar-refractivity contribution < 1.29 is 0 Å². The summed E-state index contributed by atoms with van der Waals surface area (Å²) < 4.78 is 4.59. The number of benzene rings is 7. The van der Waals surface area contributed by atoms with E-state index in [0.29, 0.717) is 5.56 Å². The largest absolute Gasteiger partial charge is 0.307 e. The lowest BCUT2D eigenvalue weighted by atomic mass is 10.0. The van der Waals surface area contributed by atoms with E-state index in [4.69, 9.17) is 15.0 Å². The second-order valence-electron chi connectivity index (χ2n) is 16.0. The van der Waals surface area contributed by atoms with E-state index in [1.165, 1.54) is 0 Å². The molecule has 298 valence electrons. The summed E-state index contributed by atoms with van der Waals surface area (Å²) in [5.74, 6) is 0.797. The van der Waals surface area contributed by atoms with Crippen molar-refractivity contribution in [2.45, 2.75) is 0 Å². The van der Waals surface area contributed by atoms with Crippen molar-refractivity contribution in [3.8, 4) is 73.5 Å². The molecule has 7 aromatic carbocycles. The lowest BCUT2D eigenvalue weighted by molar-refractivity contribution is 1.06. The lowest BCUT2D eigenvalue weighted by Gasteiger charge is -2.17. The molecule has 0 saturated carbocycles. The van der Waals surface area contributed by atoms with Crippen molar-refractivity contribution in [1.29, 1.82) is 5.26 Å². The van der Waals surface area contributed by atoms with E-state index < -0.39 is 0 Å². The van der Waals surface area contributed by atoms with Crippen LogP contribution in [-0.2, 0) is 0 Å². The minimum absolute atomic E-state index is 0.610. The highest BCUT2D eigenvalue weighted by molar-refractivity contribution is 6.12. The van der Waals surface area contributed by atoms with Crippen LogP contribution in [-0.4, -0.2) is 24.1 Å². The quantitative estimate of drug-likeness (QED) is 0.161. The summed E-state index contributed by atoms with van der Waals surface area (Å²) in [6.07, 6.45) is 5.93. The number of pyridine rings is 3. The number of rotatable bonds is 7. The normalized spacial score (nSPS) is 11.4. The van der Waals surface area contributed by atoms with Crippen molar-refractivity contribution in [3.05, 3.63) is 224 Å². The van der Waals surface area contributed by atoms with Gasteiger partial charge in [0.05, 0.1) is 57.0 Å². The molecule has 0 atom stereocenters. The Labute approximate surface area is 369 Å². The maximum Gasteiger partial charge on any atom is 0.138 e. The second kappa shape index (κ2) is 15.2. The summed E-state index contributed by atoms with van der Waals surface area (Å²) >= 11 is 0. The van der Waals surface area contributed by atoms with E-state index in [-0.39, 0.29) is 0 Å². The number of aromatic nitrogens is 5. The summed E-state index contributed by atoms with van der Waals surface area (Å²) in [7, 11) is 0. The van der Waals surface area contributed by atoms with E-state index >= 15 is 0 Å². The average Bonchev–Trinajstić information content (AvgIpc) is 3.89. The Morgan fingerprint density at radius 1 is 0.344 bits per heavy atom. The van der Waals surface area contributed by atoms with Crippen molar-refractivity contribution in [2.75, 3.05) is 0 Å². The molecule has 64 heavy (non-hydrogen) atoms. The van der Waals surface area contributed by atoms with Gasteiger partial charge in [-0.2, -0.15) is 5.26 Å². The van der Waals surface area contributed by atoms with Crippen molar-refractivity contribution >= 4 is 43.6 Å². The highest BCUT2D eigenvalue weighted by atomic mass is 15.1. The lowest BCUT2D eigenvalue weighted by Crippen LogP contribution is -2.03. The Morgan fingerprint density at radius 3 is 1.34 bits per heavy atom. The van der Waals surface area contributed by atoms with E-state index in [1.807, 2.05) is 79.3 Å². The highest BCUT2D eigenvalue weighted by Gasteiger charge is 2.20. The van der Waals surface area contributed by atoms with Crippen molar-refractivity contribution in [1.82, 2.24) is 24.1 Å². The predicted octanol–water partition coefficient (Wildman–Crippen LogP) is 14.3. The number of nitriles is 1. The van der Waals surface area contributed by atoms with Gasteiger partial charge in [-0.3, -0.25) is 14.5 Å². The zero-order valence-corrected chi connectivity index (χ0v) is 34.5. The van der Waals surface area contributed by atoms with E-state index in [2.05, 4.69) is 155 Å². The van der Waals surface area contributed by atoms with Crippen LogP contribution in [0.2, 0.25) is 0 Å². The zero-order valence-electron chi connectivity index (χ0n) is 34.5. The number of nitrogens with zero attached hydrogens (tertiary/aromatic N) is 6. The SMILES string of the molecule is N#Cc1ccc(-c2cc(-n3c4ccccc4c4cc(-c5ccc(-c6ccccc6)nc5)ccc43)ncc2-n2c3ccccc3c3cc(-c4ccc(-c5ccccc5)nc4)ccc32)cc1. The van der Waals surface area contributed by atoms with Crippen LogP contribution in [0.5, 0.6) is 0 Å². The number of hydrogen-bond donors (Lipinski definition) is 0. The number of fused-ring (bicyclic) bond motifs is 6. The van der Waals surface area contributed by atoms with Gasteiger partial charge in [-0.15, -0.1) is 0 Å². The van der Waals surface area contributed by atoms with Gasteiger partial charge in [-0.05, 0) is 83.4 Å². The molecule has 12 aromatic rings. The van der Waals surface area contributed by atoms with Crippen LogP contribution in [0, 0.1) is 11.3 Å². The fourth-order valence-electron chi connectivity index (χ4n) is 9.19. The Morgan fingerprint density at radius 2 is 0.812 bits per heavy atom. The van der Waals surface area contributed by atoms with Crippen molar-refractivity contribution in [2.24, 2.45) is 0 Å². The van der Waals surface area contributed by atoms with E-state index in [1.54, 1.807) is 0 Å². The fraction of sp³-hybridized carbons (Fsp3) is 0. The monoisotopic (exact) mass is 816 g/mol. The van der Waals surface area contributed by atoms with Crippen LogP contribution >= 0.6 is 0 Å². The van der Waals surface area contributed by atoms with Gasteiger partial charge in [0.2, 0.25) is 0 Å². The summed E-state index contributed by atoms with van der Waals surface area (Å²) in [5, 5.41) is 14.3. The van der Waals surface area contributed by atoms with Gasteiger partial charge >= 0.3 is 0 Å². The molecule has 5 aromatic heterocycles. The molecule has 0 spiro atoms. The molecule has 5 heterocycles. The van der Waals surface area contributed by atoms with Gasteiger partial charge in [-0.1, -0.05) is 133 Å². The zero-order chi connectivity index (χ0) is 42.6. The van der Waals surface area contributed by atoms with Crippen LogP contribution in [0.15, 0.2) is 219 Å². The molecule has 6 nitrogen and oxygen atoms in total. The van der Waals surface area contributed by atoms with Crippen LogP contribution in [0.4, 0.5) is 0 Å². The predicted molar refractivity (Wildman–Crippen MR) is 260 cm³/mol. The maximum absolute atomic E-state index is 9.76. The first-order valence-electron chi connectivity index (χ1n) is 21.3. The molecule has 0 aliphatic carbocycles. The standard InChI is InChI=1S/C58H36N6/c59-34-38-19-21-39(22-20-38)48-33-58(64-54-18-10-8-16-47(54)50-32-43(26-30-56(50)64)45-24-28-52(61-36-45)41-13-5-2-6-14-41)62-37-57(48)63-53-17-9-7-15-46(53)49-31-42(25-29-55(49)63)44-23-27-51(60-35-44)40-11-3-1-4-12-40/h1-33,35-37H. The van der Waals surface area contributed by atoms with Crippen LogP contribution in [0.25, 0.3) is 111 Å². The molecule has 0 aliphatic rings. The molecule has 0 radical (unpaired) electrons. The third kappa shape index (κ3) is 6.22. The van der Waals surface area contributed by atoms with Crippen LogP contribution in [0.1, 0.15) is 5.56 Å². The topological polar surface area (TPSA) is 72.3 Å². The Bertz CT molecular complexity index is 3750. The minimum Gasteiger partial charge on any atom is -0.307 e. The van der Waals surface area contributed by atoms with Gasteiger partial charge in [0.1, 0.15) is 5.82 Å². The Hall–Kier alpha value is -8.92. The molecular weight excluding hydrogens is 781 g/mol.